The van der Waals surface area contributed by atoms with Crippen LogP contribution in [0.2, 0.25) is 0 Å². The fourth-order valence-corrected chi connectivity index (χ4v) is 3.04. The van der Waals surface area contributed by atoms with E-state index in [0.717, 1.165) is 25.7 Å². The van der Waals surface area contributed by atoms with E-state index < -0.39 is 5.60 Å². The molecule has 19 heavy (non-hydrogen) atoms. The van der Waals surface area contributed by atoms with Crippen molar-refractivity contribution in [1.82, 2.24) is 5.43 Å². The Kier molecular flexibility index (Phi) is 4.39. The van der Waals surface area contributed by atoms with Crippen LogP contribution in [0.3, 0.4) is 0 Å². The fraction of sp³-hybridized carbons (Fsp3) is 0.571. The fourth-order valence-electron chi connectivity index (χ4n) is 3.04. The van der Waals surface area contributed by atoms with Crippen LogP contribution >= 0.6 is 0 Å². The zero-order valence-electron chi connectivity index (χ0n) is 11.4. The number of hydrogen-bond acceptors (Lipinski definition) is 4. The van der Waals surface area contributed by atoms with Gasteiger partial charge in [-0.05, 0) is 31.0 Å². The second-order valence-electron chi connectivity index (χ2n) is 4.96. The third-order valence-electron chi connectivity index (χ3n) is 4.05. The standard InChI is InChI=1S/C14H21FN2O2/c1-18-12-6-5-10(15)9-11(12)13(17-16)14(19-2)7-3-4-8-14/h5-6,9,13,17H,3-4,7-8,16H2,1-2H3. The number of methoxy groups -OCH3 is 2. The Labute approximate surface area is 113 Å². The van der Waals surface area contributed by atoms with E-state index in [2.05, 4.69) is 5.43 Å². The molecule has 0 amide bonds. The van der Waals surface area contributed by atoms with Gasteiger partial charge < -0.3 is 9.47 Å². The first-order valence-electron chi connectivity index (χ1n) is 6.51. The quantitative estimate of drug-likeness (QED) is 0.635. The number of hydrazine groups is 1. The topological polar surface area (TPSA) is 56.5 Å². The molecule has 1 atom stereocenters. The van der Waals surface area contributed by atoms with Gasteiger partial charge in [0.25, 0.3) is 0 Å². The smallest absolute Gasteiger partial charge is 0.124 e. The molecule has 0 bridgehead atoms. The Morgan fingerprint density at radius 1 is 1.32 bits per heavy atom. The Bertz CT molecular complexity index is 433. The van der Waals surface area contributed by atoms with Crippen LogP contribution in [0.5, 0.6) is 5.75 Å². The molecule has 0 radical (unpaired) electrons. The number of hydrogen-bond donors (Lipinski definition) is 2. The third-order valence-corrected chi connectivity index (χ3v) is 4.05. The second kappa shape index (κ2) is 5.86. The van der Waals surface area contributed by atoms with Crippen molar-refractivity contribution in [2.45, 2.75) is 37.3 Å². The molecule has 1 unspecified atom stereocenters. The second-order valence-corrected chi connectivity index (χ2v) is 4.96. The molecule has 1 aromatic carbocycles. The van der Waals surface area contributed by atoms with Crippen LogP contribution in [0, 0.1) is 5.82 Å². The summed E-state index contributed by atoms with van der Waals surface area (Å²) in [7, 11) is 3.25. The minimum Gasteiger partial charge on any atom is -0.496 e. The Morgan fingerprint density at radius 3 is 2.53 bits per heavy atom. The van der Waals surface area contributed by atoms with E-state index in [1.807, 2.05) is 0 Å². The van der Waals surface area contributed by atoms with Gasteiger partial charge in [-0.1, -0.05) is 12.8 Å². The maximum atomic E-state index is 13.5. The van der Waals surface area contributed by atoms with Crippen LogP contribution in [-0.2, 0) is 4.74 Å². The van der Waals surface area contributed by atoms with E-state index in [0.29, 0.717) is 11.3 Å². The normalized spacial score (nSPS) is 19.4. The van der Waals surface area contributed by atoms with Crippen molar-refractivity contribution in [1.29, 1.82) is 0 Å². The summed E-state index contributed by atoms with van der Waals surface area (Å²) < 4.78 is 24.6. The third kappa shape index (κ3) is 2.59. The lowest BCUT2D eigenvalue weighted by Crippen LogP contribution is -2.46. The highest BCUT2D eigenvalue weighted by molar-refractivity contribution is 5.38. The summed E-state index contributed by atoms with van der Waals surface area (Å²) in [5.41, 5.74) is 3.09. The van der Waals surface area contributed by atoms with Crippen molar-refractivity contribution >= 4 is 0 Å². The molecule has 1 aliphatic rings. The zero-order valence-corrected chi connectivity index (χ0v) is 11.4. The van der Waals surface area contributed by atoms with Crippen LogP contribution in [-0.4, -0.2) is 19.8 Å². The van der Waals surface area contributed by atoms with Crippen LogP contribution < -0.4 is 16.0 Å². The zero-order chi connectivity index (χ0) is 13.9. The molecule has 5 heteroatoms. The molecule has 2 rings (SSSR count). The highest BCUT2D eigenvalue weighted by Crippen LogP contribution is 2.44. The number of nitrogens with one attached hydrogen (secondary N) is 1. The lowest BCUT2D eigenvalue weighted by atomic mass is 9.86. The number of benzene rings is 1. The van der Waals surface area contributed by atoms with Gasteiger partial charge in [0.05, 0.1) is 18.8 Å². The molecule has 1 aliphatic carbocycles. The van der Waals surface area contributed by atoms with Crippen molar-refractivity contribution in [3.63, 3.8) is 0 Å². The SMILES string of the molecule is COc1ccc(F)cc1C(NN)C1(OC)CCCC1. The first-order valence-corrected chi connectivity index (χ1v) is 6.51. The van der Waals surface area contributed by atoms with Crippen molar-refractivity contribution in [3.05, 3.63) is 29.6 Å². The molecule has 1 fully saturated rings. The van der Waals surface area contributed by atoms with Gasteiger partial charge >= 0.3 is 0 Å². The monoisotopic (exact) mass is 268 g/mol. The van der Waals surface area contributed by atoms with Gasteiger partial charge in [0.2, 0.25) is 0 Å². The molecule has 0 saturated heterocycles. The Morgan fingerprint density at radius 2 is 2.00 bits per heavy atom. The van der Waals surface area contributed by atoms with E-state index in [1.165, 1.54) is 12.1 Å². The number of halogens is 1. The van der Waals surface area contributed by atoms with Crippen LogP contribution in [0.1, 0.15) is 37.3 Å². The minimum atomic E-state index is -0.393. The van der Waals surface area contributed by atoms with Gasteiger partial charge in [-0.15, -0.1) is 0 Å². The van der Waals surface area contributed by atoms with Gasteiger partial charge in [-0.3, -0.25) is 5.84 Å². The molecular formula is C14H21FN2O2. The molecular weight excluding hydrogens is 247 g/mol. The number of ether oxygens (including phenoxy) is 2. The number of rotatable bonds is 5. The van der Waals surface area contributed by atoms with Gasteiger partial charge in [0.1, 0.15) is 11.6 Å². The van der Waals surface area contributed by atoms with Gasteiger partial charge in [-0.2, -0.15) is 0 Å². The average Bonchev–Trinajstić information content (AvgIpc) is 2.90. The van der Waals surface area contributed by atoms with E-state index in [4.69, 9.17) is 15.3 Å². The molecule has 0 heterocycles. The molecule has 1 saturated carbocycles. The van der Waals surface area contributed by atoms with Gasteiger partial charge in [-0.25, -0.2) is 9.82 Å². The molecule has 0 aromatic heterocycles. The maximum Gasteiger partial charge on any atom is 0.124 e. The summed E-state index contributed by atoms with van der Waals surface area (Å²) in [6.45, 7) is 0. The first-order chi connectivity index (χ1) is 9.16. The predicted molar refractivity (Wildman–Crippen MR) is 71.2 cm³/mol. The number of nitrogens with two attached hydrogens (primary N) is 1. The molecule has 106 valence electrons. The van der Waals surface area contributed by atoms with E-state index in [-0.39, 0.29) is 11.9 Å². The van der Waals surface area contributed by atoms with E-state index >= 15 is 0 Å². The molecule has 3 N–H and O–H groups in total. The predicted octanol–water partition coefficient (Wildman–Crippen LogP) is 2.30. The summed E-state index contributed by atoms with van der Waals surface area (Å²) in [5.74, 6) is 6.02. The lowest BCUT2D eigenvalue weighted by Gasteiger charge is -2.36. The molecule has 1 aromatic rings. The molecule has 0 spiro atoms. The molecule has 0 aliphatic heterocycles. The highest BCUT2D eigenvalue weighted by Gasteiger charge is 2.43. The van der Waals surface area contributed by atoms with Crippen LogP contribution in [0.15, 0.2) is 18.2 Å². The Balaban J connectivity index is 2.43. The first kappa shape index (κ1) is 14.2. The summed E-state index contributed by atoms with van der Waals surface area (Å²) >= 11 is 0. The van der Waals surface area contributed by atoms with Gasteiger partial charge in [0.15, 0.2) is 0 Å². The van der Waals surface area contributed by atoms with Crippen molar-refractivity contribution in [3.8, 4) is 5.75 Å². The maximum absolute atomic E-state index is 13.5. The largest absolute Gasteiger partial charge is 0.496 e. The van der Waals surface area contributed by atoms with Crippen molar-refractivity contribution in [2.75, 3.05) is 14.2 Å². The lowest BCUT2D eigenvalue weighted by molar-refractivity contribution is -0.0374. The van der Waals surface area contributed by atoms with Crippen molar-refractivity contribution < 1.29 is 13.9 Å². The summed E-state index contributed by atoms with van der Waals surface area (Å²) in [6.07, 6.45) is 3.98. The Hall–Kier alpha value is -1.17. The minimum absolute atomic E-state index is 0.286. The summed E-state index contributed by atoms with van der Waals surface area (Å²) in [6, 6.07) is 4.17. The average molecular weight is 268 g/mol. The van der Waals surface area contributed by atoms with E-state index in [1.54, 1.807) is 20.3 Å². The molecule has 4 nitrogen and oxygen atoms in total. The van der Waals surface area contributed by atoms with E-state index in [9.17, 15) is 4.39 Å². The van der Waals surface area contributed by atoms with Crippen molar-refractivity contribution in [2.24, 2.45) is 5.84 Å². The van der Waals surface area contributed by atoms with Crippen LogP contribution in [0.4, 0.5) is 4.39 Å². The van der Waals surface area contributed by atoms with Crippen LogP contribution in [0.25, 0.3) is 0 Å². The van der Waals surface area contributed by atoms with Gasteiger partial charge in [0, 0.05) is 12.7 Å². The highest BCUT2D eigenvalue weighted by atomic mass is 19.1. The summed E-state index contributed by atoms with van der Waals surface area (Å²) in [4.78, 5) is 0. The summed E-state index contributed by atoms with van der Waals surface area (Å²) in [5, 5.41) is 0.